The molecule has 0 bridgehead atoms. The van der Waals surface area contributed by atoms with Crippen LogP contribution in [0.4, 0.5) is 5.82 Å². The first kappa shape index (κ1) is 19.1. The first-order chi connectivity index (χ1) is 13.5. The van der Waals surface area contributed by atoms with Gasteiger partial charge in [0, 0.05) is 19.3 Å². The maximum absolute atomic E-state index is 13.3. The van der Waals surface area contributed by atoms with Crippen LogP contribution in [0.5, 0.6) is 0 Å². The number of amides is 1. The number of rotatable bonds is 3. The number of aryl methyl sites for hydroxylation is 1. The Morgan fingerprint density at radius 2 is 2.04 bits per heavy atom. The van der Waals surface area contributed by atoms with Crippen molar-refractivity contribution in [1.82, 2.24) is 14.3 Å². The lowest BCUT2D eigenvalue weighted by atomic mass is 9.95. The average Bonchev–Trinajstić information content (AvgIpc) is 2.93. The van der Waals surface area contributed by atoms with E-state index in [2.05, 4.69) is 5.32 Å². The molecule has 146 valence electrons. The molecule has 2 fully saturated rings. The number of thioether (sulfide) groups is 1. The third kappa shape index (κ3) is 3.46. The SMILES string of the molecule is Cc1cccn2c(=O)c(/C=C3/SC(=S)N(C)C3=O)c(NC3CCCCC3)nc12. The minimum Gasteiger partial charge on any atom is -0.367 e. The van der Waals surface area contributed by atoms with E-state index >= 15 is 0 Å². The van der Waals surface area contributed by atoms with Gasteiger partial charge in [0.2, 0.25) is 0 Å². The first-order valence-electron chi connectivity index (χ1n) is 9.46. The Balaban J connectivity index is 1.86. The summed E-state index contributed by atoms with van der Waals surface area (Å²) in [6.45, 7) is 1.94. The molecule has 0 radical (unpaired) electrons. The van der Waals surface area contributed by atoms with E-state index in [1.54, 1.807) is 23.7 Å². The Bertz CT molecular complexity index is 1050. The molecular weight excluding hydrogens is 392 g/mol. The number of likely N-dealkylation sites (N-methyl/N-ethyl adjacent to an activating group) is 1. The average molecular weight is 415 g/mol. The monoisotopic (exact) mass is 414 g/mol. The third-order valence-corrected chi connectivity index (χ3v) is 6.78. The van der Waals surface area contributed by atoms with Gasteiger partial charge in [-0.05, 0) is 37.5 Å². The van der Waals surface area contributed by atoms with Crippen LogP contribution in [0, 0.1) is 6.92 Å². The van der Waals surface area contributed by atoms with Gasteiger partial charge in [0.15, 0.2) is 0 Å². The fourth-order valence-electron chi connectivity index (χ4n) is 3.67. The van der Waals surface area contributed by atoms with Crippen molar-refractivity contribution in [2.45, 2.75) is 45.1 Å². The van der Waals surface area contributed by atoms with E-state index in [0.29, 0.717) is 32.3 Å². The van der Waals surface area contributed by atoms with E-state index < -0.39 is 0 Å². The minimum atomic E-state index is -0.188. The van der Waals surface area contributed by atoms with Crippen LogP contribution >= 0.6 is 24.0 Å². The Morgan fingerprint density at radius 1 is 1.29 bits per heavy atom. The summed E-state index contributed by atoms with van der Waals surface area (Å²) in [5.41, 5.74) is 1.78. The van der Waals surface area contributed by atoms with Gasteiger partial charge >= 0.3 is 0 Å². The smallest absolute Gasteiger partial charge is 0.267 e. The topological polar surface area (TPSA) is 66.7 Å². The molecule has 28 heavy (non-hydrogen) atoms. The maximum atomic E-state index is 13.3. The number of pyridine rings is 1. The van der Waals surface area contributed by atoms with Crippen LogP contribution in [0.1, 0.15) is 43.2 Å². The highest BCUT2D eigenvalue weighted by Gasteiger charge is 2.30. The van der Waals surface area contributed by atoms with E-state index in [-0.39, 0.29) is 11.5 Å². The number of thiocarbonyl (C=S) groups is 1. The molecular formula is C20H22N4O2S2. The van der Waals surface area contributed by atoms with Gasteiger partial charge in [0.25, 0.3) is 11.5 Å². The molecule has 6 nitrogen and oxygen atoms in total. The molecule has 3 heterocycles. The molecule has 1 aliphatic heterocycles. The van der Waals surface area contributed by atoms with Crippen molar-refractivity contribution in [2.75, 3.05) is 12.4 Å². The van der Waals surface area contributed by atoms with E-state index in [1.165, 1.54) is 35.9 Å². The molecule has 2 aromatic heterocycles. The van der Waals surface area contributed by atoms with Gasteiger partial charge in [-0.15, -0.1) is 0 Å². The normalized spacial score (nSPS) is 19.8. The number of anilines is 1. The standard InChI is InChI=1S/C20H22N4O2S2/c1-12-7-6-10-24-17(12)22-16(21-13-8-4-3-5-9-13)14(18(24)25)11-15-19(26)23(2)20(27)28-15/h6-7,10-11,13,21H,3-5,8-9H2,1-2H3/b15-11+. The van der Waals surface area contributed by atoms with Gasteiger partial charge in [0.05, 0.1) is 10.5 Å². The summed E-state index contributed by atoms with van der Waals surface area (Å²) < 4.78 is 2.03. The van der Waals surface area contributed by atoms with E-state index in [1.807, 2.05) is 19.1 Å². The number of hydrogen-bond acceptors (Lipinski definition) is 6. The summed E-state index contributed by atoms with van der Waals surface area (Å²) in [5.74, 6) is 0.361. The van der Waals surface area contributed by atoms with Crippen LogP contribution in [0.25, 0.3) is 11.7 Å². The predicted molar refractivity (Wildman–Crippen MR) is 118 cm³/mol. The molecule has 0 spiro atoms. The quantitative estimate of drug-likeness (QED) is 0.612. The highest BCUT2D eigenvalue weighted by molar-refractivity contribution is 8.26. The van der Waals surface area contributed by atoms with Crippen LogP contribution in [-0.2, 0) is 4.79 Å². The number of carbonyl (C=O) groups excluding carboxylic acids is 1. The van der Waals surface area contributed by atoms with Gasteiger partial charge < -0.3 is 5.32 Å². The first-order valence-corrected chi connectivity index (χ1v) is 10.7. The van der Waals surface area contributed by atoms with Crippen LogP contribution in [-0.4, -0.2) is 37.6 Å². The number of hydrogen-bond donors (Lipinski definition) is 1. The number of aromatic nitrogens is 2. The molecule has 1 N–H and O–H groups in total. The van der Waals surface area contributed by atoms with E-state index in [0.717, 1.165) is 18.4 Å². The summed E-state index contributed by atoms with van der Waals surface area (Å²) >= 11 is 6.43. The zero-order valence-corrected chi connectivity index (χ0v) is 17.5. The Hall–Kier alpha value is -2.19. The summed E-state index contributed by atoms with van der Waals surface area (Å²) in [4.78, 5) is 32.4. The molecule has 0 unspecified atom stereocenters. The second-order valence-corrected chi connectivity index (χ2v) is 8.96. The fourth-order valence-corrected chi connectivity index (χ4v) is 4.83. The number of nitrogens with one attached hydrogen (secondary N) is 1. The summed E-state index contributed by atoms with van der Waals surface area (Å²) in [6.07, 6.45) is 9.07. The molecule has 2 aromatic rings. The molecule has 0 aromatic carbocycles. The highest BCUT2D eigenvalue weighted by atomic mass is 32.2. The molecule has 1 aliphatic carbocycles. The minimum absolute atomic E-state index is 0.187. The number of nitrogens with zero attached hydrogens (tertiary/aromatic N) is 3. The summed E-state index contributed by atoms with van der Waals surface area (Å²) in [6, 6.07) is 4.06. The van der Waals surface area contributed by atoms with Gasteiger partial charge in [-0.25, -0.2) is 4.98 Å². The van der Waals surface area contributed by atoms with Gasteiger partial charge in [0.1, 0.15) is 15.8 Å². The van der Waals surface area contributed by atoms with Crippen molar-refractivity contribution < 1.29 is 4.79 Å². The second kappa shape index (κ2) is 7.67. The largest absolute Gasteiger partial charge is 0.367 e. The Labute approximate surface area is 173 Å². The summed E-state index contributed by atoms with van der Waals surface area (Å²) in [7, 11) is 1.65. The molecule has 8 heteroatoms. The number of carbonyl (C=O) groups is 1. The predicted octanol–water partition coefficient (Wildman–Crippen LogP) is 3.58. The molecule has 4 rings (SSSR count). The van der Waals surface area contributed by atoms with Crippen molar-refractivity contribution >= 4 is 51.7 Å². The van der Waals surface area contributed by atoms with Crippen LogP contribution in [0.3, 0.4) is 0 Å². The van der Waals surface area contributed by atoms with Gasteiger partial charge in [-0.2, -0.15) is 0 Å². The Morgan fingerprint density at radius 3 is 2.71 bits per heavy atom. The van der Waals surface area contributed by atoms with Crippen LogP contribution in [0.2, 0.25) is 0 Å². The molecule has 1 saturated heterocycles. The van der Waals surface area contributed by atoms with Crippen molar-refractivity contribution in [3.63, 3.8) is 0 Å². The molecule has 1 saturated carbocycles. The third-order valence-electron chi connectivity index (χ3n) is 5.29. The maximum Gasteiger partial charge on any atom is 0.267 e. The van der Waals surface area contributed by atoms with Crippen LogP contribution < -0.4 is 10.9 Å². The van der Waals surface area contributed by atoms with Crippen molar-refractivity contribution in [1.29, 1.82) is 0 Å². The van der Waals surface area contributed by atoms with Crippen molar-refractivity contribution in [3.8, 4) is 0 Å². The zero-order valence-electron chi connectivity index (χ0n) is 15.9. The Kier molecular flexibility index (Phi) is 5.25. The van der Waals surface area contributed by atoms with Crippen molar-refractivity contribution in [3.05, 3.63) is 44.7 Å². The lowest BCUT2D eigenvalue weighted by molar-refractivity contribution is -0.121. The summed E-state index contributed by atoms with van der Waals surface area (Å²) in [5, 5.41) is 3.48. The van der Waals surface area contributed by atoms with Gasteiger partial charge in [-0.1, -0.05) is 49.3 Å². The zero-order chi connectivity index (χ0) is 19.8. The second-order valence-electron chi connectivity index (χ2n) is 7.28. The van der Waals surface area contributed by atoms with Gasteiger partial charge in [-0.3, -0.25) is 18.9 Å². The lowest BCUT2D eigenvalue weighted by Crippen LogP contribution is -2.27. The molecule has 1 amide bonds. The van der Waals surface area contributed by atoms with Crippen LogP contribution in [0.15, 0.2) is 28.0 Å². The number of fused-ring (bicyclic) bond motifs is 1. The highest BCUT2D eigenvalue weighted by Crippen LogP contribution is 2.32. The van der Waals surface area contributed by atoms with E-state index in [4.69, 9.17) is 17.2 Å². The van der Waals surface area contributed by atoms with E-state index in [9.17, 15) is 9.59 Å². The fraction of sp³-hybridized carbons (Fsp3) is 0.400. The lowest BCUT2D eigenvalue weighted by Gasteiger charge is -2.24. The van der Waals surface area contributed by atoms with Crippen molar-refractivity contribution in [2.24, 2.45) is 0 Å². The molecule has 2 aliphatic rings. The molecule has 0 atom stereocenters.